The van der Waals surface area contributed by atoms with Crippen LogP contribution in [0, 0.1) is 0 Å². The summed E-state index contributed by atoms with van der Waals surface area (Å²) in [6.07, 6.45) is 6.92. The van der Waals surface area contributed by atoms with Crippen LogP contribution in [0.4, 0.5) is 0 Å². The summed E-state index contributed by atoms with van der Waals surface area (Å²) in [7, 11) is 0. The summed E-state index contributed by atoms with van der Waals surface area (Å²) < 4.78 is 5.53. The van der Waals surface area contributed by atoms with E-state index in [2.05, 4.69) is 11.9 Å². The largest absolute Gasteiger partial charge is 0.378 e. The van der Waals surface area contributed by atoms with Crippen molar-refractivity contribution in [3.05, 3.63) is 12.7 Å². The molecule has 1 rings (SSSR count). The first kappa shape index (κ1) is 11.2. The van der Waals surface area contributed by atoms with Crippen LogP contribution in [0.15, 0.2) is 12.7 Å². The summed E-state index contributed by atoms with van der Waals surface area (Å²) in [4.78, 5) is 11.2. The van der Waals surface area contributed by atoms with E-state index >= 15 is 0 Å². The summed E-state index contributed by atoms with van der Waals surface area (Å²) in [6.45, 7) is 4.96. The van der Waals surface area contributed by atoms with Crippen molar-refractivity contribution in [3.63, 3.8) is 0 Å². The lowest BCUT2D eigenvalue weighted by atomic mass is 10.0. The zero-order valence-corrected chi connectivity index (χ0v) is 8.63. The Labute approximate surface area is 85.5 Å². The number of rotatable bonds is 5. The molecule has 3 heteroatoms. The molecule has 1 saturated heterocycles. The highest BCUT2D eigenvalue weighted by atomic mass is 16.5. The van der Waals surface area contributed by atoms with Crippen molar-refractivity contribution >= 4 is 5.91 Å². The lowest BCUT2D eigenvalue weighted by Crippen LogP contribution is -2.26. The molecule has 80 valence electrons. The third-order valence-corrected chi connectivity index (χ3v) is 2.41. The average Bonchev–Trinajstić information content (AvgIpc) is 2.25. The molecule has 3 nitrogen and oxygen atoms in total. The van der Waals surface area contributed by atoms with Crippen molar-refractivity contribution in [3.8, 4) is 0 Å². The molecule has 1 N–H and O–H groups in total. The molecule has 1 amide bonds. The molecule has 0 aliphatic carbocycles. The Hall–Kier alpha value is -0.830. The highest BCUT2D eigenvalue weighted by Crippen LogP contribution is 2.16. The predicted molar refractivity (Wildman–Crippen MR) is 56.0 cm³/mol. The Kier molecular flexibility index (Phi) is 5.30. The molecule has 0 radical (unpaired) electrons. The van der Waals surface area contributed by atoms with Gasteiger partial charge in [0.2, 0.25) is 5.91 Å². The first-order chi connectivity index (χ1) is 6.83. The van der Waals surface area contributed by atoms with E-state index < -0.39 is 0 Å². The van der Waals surface area contributed by atoms with Gasteiger partial charge >= 0.3 is 0 Å². The molecule has 0 bridgehead atoms. The Balaban J connectivity index is 2.06. The van der Waals surface area contributed by atoms with Gasteiger partial charge in [0.1, 0.15) is 0 Å². The van der Waals surface area contributed by atoms with E-state index in [-0.39, 0.29) is 5.91 Å². The van der Waals surface area contributed by atoms with Crippen LogP contribution in [0.3, 0.4) is 0 Å². The van der Waals surface area contributed by atoms with E-state index in [9.17, 15) is 4.79 Å². The Bertz CT molecular complexity index is 186. The number of hydrogen-bond donors (Lipinski definition) is 1. The minimum Gasteiger partial charge on any atom is -0.378 e. The molecular weight excluding hydrogens is 178 g/mol. The Morgan fingerprint density at radius 2 is 2.43 bits per heavy atom. The smallest absolute Gasteiger partial charge is 0.220 e. The van der Waals surface area contributed by atoms with Gasteiger partial charge in [0.05, 0.1) is 6.10 Å². The maximum absolute atomic E-state index is 11.2. The predicted octanol–water partition coefficient (Wildman–Crippen LogP) is 1.64. The van der Waals surface area contributed by atoms with Crippen LogP contribution in [0.2, 0.25) is 0 Å². The lowest BCUT2D eigenvalue weighted by Gasteiger charge is -2.22. The van der Waals surface area contributed by atoms with Gasteiger partial charge in [-0.2, -0.15) is 0 Å². The van der Waals surface area contributed by atoms with E-state index in [0.717, 1.165) is 19.4 Å². The second-order valence-corrected chi connectivity index (χ2v) is 3.62. The summed E-state index contributed by atoms with van der Waals surface area (Å²) >= 11 is 0. The minimum absolute atomic E-state index is 0.0964. The van der Waals surface area contributed by atoms with Crippen molar-refractivity contribution in [2.75, 3.05) is 13.2 Å². The standard InChI is InChI=1S/C11H19NO2/c1-2-8-12-11(13)7-6-10-5-3-4-9-14-10/h2,10H,1,3-9H2,(H,12,13). The number of carbonyl (C=O) groups is 1. The van der Waals surface area contributed by atoms with Gasteiger partial charge in [0.15, 0.2) is 0 Å². The summed E-state index contributed by atoms with van der Waals surface area (Å²) in [5.74, 6) is 0.0964. The molecule has 14 heavy (non-hydrogen) atoms. The van der Waals surface area contributed by atoms with Gasteiger partial charge in [-0.15, -0.1) is 6.58 Å². The fourth-order valence-electron chi connectivity index (χ4n) is 1.60. The third kappa shape index (κ3) is 4.42. The van der Waals surface area contributed by atoms with Gasteiger partial charge in [-0.05, 0) is 25.7 Å². The molecule has 1 heterocycles. The number of hydrogen-bond acceptors (Lipinski definition) is 2. The topological polar surface area (TPSA) is 38.3 Å². The number of carbonyl (C=O) groups excluding carboxylic acids is 1. The highest BCUT2D eigenvalue weighted by Gasteiger charge is 2.14. The minimum atomic E-state index is 0.0964. The maximum atomic E-state index is 11.2. The zero-order valence-electron chi connectivity index (χ0n) is 8.63. The molecule has 0 aromatic heterocycles. The number of nitrogens with one attached hydrogen (secondary N) is 1. The van der Waals surface area contributed by atoms with Gasteiger partial charge < -0.3 is 10.1 Å². The fourth-order valence-corrected chi connectivity index (χ4v) is 1.60. The average molecular weight is 197 g/mol. The molecule has 0 saturated carbocycles. The van der Waals surface area contributed by atoms with Crippen molar-refractivity contribution < 1.29 is 9.53 Å². The van der Waals surface area contributed by atoms with Crippen LogP contribution in [0.1, 0.15) is 32.1 Å². The van der Waals surface area contributed by atoms with Crippen molar-refractivity contribution in [2.24, 2.45) is 0 Å². The second-order valence-electron chi connectivity index (χ2n) is 3.62. The quantitative estimate of drug-likeness (QED) is 0.680. The van der Waals surface area contributed by atoms with Gasteiger partial charge in [0, 0.05) is 19.6 Å². The molecule has 1 aliphatic heterocycles. The summed E-state index contributed by atoms with van der Waals surface area (Å²) in [6, 6.07) is 0. The lowest BCUT2D eigenvalue weighted by molar-refractivity contribution is -0.121. The molecule has 0 spiro atoms. The van der Waals surface area contributed by atoms with Crippen LogP contribution < -0.4 is 5.32 Å². The van der Waals surface area contributed by atoms with Gasteiger partial charge in [-0.3, -0.25) is 4.79 Å². The van der Waals surface area contributed by atoms with Crippen LogP contribution in [0.25, 0.3) is 0 Å². The van der Waals surface area contributed by atoms with E-state index in [1.165, 1.54) is 12.8 Å². The zero-order chi connectivity index (χ0) is 10.2. The number of ether oxygens (including phenoxy) is 1. The van der Waals surface area contributed by atoms with E-state index in [0.29, 0.717) is 19.1 Å². The molecule has 1 unspecified atom stereocenters. The van der Waals surface area contributed by atoms with Crippen LogP contribution in [0.5, 0.6) is 0 Å². The normalized spacial score (nSPS) is 21.6. The maximum Gasteiger partial charge on any atom is 0.220 e. The molecule has 1 aliphatic rings. The molecule has 0 aromatic carbocycles. The Morgan fingerprint density at radius 3 is 3.07 bits per heavy atom. The molecule has 0 aromatic rings. The third-order valence-electron chi connectivity index (χ3n) is 2.41. The fraction of sp³-hybridized carbons (Fsp3) is 0.727. The SMILES string of the molecule is C=CCNC(=O)CCC1CCCCO1. The van der Waals surface area contributed by atoms with Gasteiger partial charge in [-0.1, -0.05) is 6.08 Å². The first-order valence-electron chi connectivity index (χ1n) is 5.32. The summed E-state index contributed by atoms with van der Waals surface area (Å²) in [5, 5.41) is 2.76. The van der Waals surface area contributed by atoms with E-state index in [1.54, 1.807) is 6.08 Å². The van der Waals surface area contributed by atoms with Crippen LogP contribution in [-0.2, 0) is 9.53 Å². The van der Waals surface area contributed by atoms with Gasteiger partial charge in [-0.25, -0.2) is 0 Å². The van der Waals surface area contributed by atoms with E-state index in [1.807, 2.05) is 0 Å². The van der Waals surface area contributed by atoms with Crippen LogP contribution in [-0.4, -0.2) is 25.2 Å². The first-order valence-corrected chi connectivity index (χ1v) is 5.32. The second kappa shape index (κ2) is 6.60. The monoisotopic (exact) mass is 197 g/mol. The molecule has 1 fully saturated rings. The van der Waals surface area contributed by atoms with Gasteiger partial charge in [0.25, 0.3) is 0 Å². The number of amides is 1. The molecular formula is C11H19NO2. The van der Waals surface area contributed by atoms with Crippen molar-refractivity contribution in [1.29, 1.82) is 0 Å². The van der Waals surface area contributed by atoms with Crippen LogP contribution >= 0.6 is 0 Å². The van der Waals surface area contributed by atoms with Crippen molar-refractivity contribution in [1.82, 2.24) is 5.32 Å². The molecule has 1 atom stereocenters. The highest BCUT2D eigenvalue weighted by molar-refractivity contribution is 5.75. The van der Waals surface area contributed by atoms with E-state index in [4.69, 9.17) is 4.74 Å². The van der Waals surface area contributed by atoms with Crippen molar-refractivity contribution in [2.45, 2.75) is 38.2 Å². The summed E-state index contributed by atoms with van der Waals surface area (Å²) in [5.41, 5.74) is 0. The Morgan fingerprint density at radius 1 is 1.57 bits per heavy atom.